The average molecular weight is 279 g/mol. The summed E-state index contributed by atoms with van der Waals surface area (Å²) in [5.74, 6) is -1.12. The number of aliphatic hydroxyl groups excluding tert-OH is 1. The molecule has 20 heavy (non-hydrogen) atoms. The number of aliphatic carboxylic acids is 1. The highest BCUT2D eigenvalue weighted by Crippen LogP contribution is 2.19. The lowest BCUT2D eigenvalue weighted by Crippen LogP contribution is -2.51. The highest BCUT2D eigenvalue weighted by atomic mass is 16.6. The topological polar surface area (TPSA) is 87.1 Å². The van der Waals surface area contributed by atoms with Crippen LogP contribution in [0.15, 0.2) is 30.3 Å². The third-order valence-electron chi connectivity index (χ3n) is 3.30. The Labute approximate surface area is 116 Å². The number of hydrogen-bond donors (Lipinski definition) is 2. The van der Waals surface area contributed by atoms with Crippen molar-refractivity contribution in [2.24, 2.45) is 0 Å². The van der Waals surface area contributed by atoms with Crippen molar-refractivity contribution in [3.05, 3.63) is 35.9 Å². The zero-order chi connectivity index (χ0) is 14.5. The summed E-state index contributed by atoms with van der Waals surface area (Å²) in [5, 5.41) is 18.6. The van der Waals surface area contributed by atoms with Crippen molar-refractivity contribution in [3.8, 4) is 0 Å². The number of carboxylic acid groups (broad SMARTS) is 1. The number of rotatable bonds is 3. The Morgan fingerprint density at radius 2 is 2.00 bits per heavy atom. The van der Waals surface area contributed by atoms with Gasteiger partial charge in [-0.3, -0.25) is 4.90 Å². The first-order valence-corrected chi connectivity index (χ1v) is 6.46. The van der Waals surface area contributed by atoms with Gasteiger partial charge in [0.1, 0.15) is 12.6 Å². The Bertz CT molecular complexity index is 476. The van der Waals surface area contributed by atoms with E-state index in [1.807, 2.05) is 30.3 Å². The second-order valence-corrected chi connectivity index (χ2v) is 4.77. The third-order valence-corrected chi connectivity index (χ3v) is 3.30. The van der Waals surface area contributed by atoms with Crippen molar-refractivity contribution in [1.29, 1.82) is 0 Å². The van der Waals surface area contributed by atoms with Crippen LogP contribution < -0.4 is 0 Å². The lowest BCUT2D eigenvalue weighted by atomic mass is 10.0. The molecule has 2 rings (SSSR count). The molecule has 1 saturated heterocycles. The predicted molar refractivity (Wildman–Crippen MR) is 70.0 cm³/mol. The van der Waals surface area contributed by atoms with Crippen LogP contribution in [-0.4, -0.2) is 45.9 Å². The van der Waals surface area contributed by atoms with Gasteiger partial charge in [0.2, 0.25) is 0 Å². The summed E-state index contributed by atoms with van der Waals surface area (Å²) in [4.78, 5) is 24.2. The van der Waals surface area contributed by atoms with Gasteiger partial charge in [0, 0.05) is 13.0 Å². The second-order valence-electron chi connectivity index (χ2n) is 4.77. The molecule has 108 valence electrons. The van der Waals surface area contributed by atoms with Gasteiger partial charge in [0.15, 0.2) is 0 Å². The fraction of sp³-hybridized carbons (Fsp3) is 0.429. The van der Waals surface area contributed by atoms with Crippen molar-refractivity contribution < 1.29 is 24.5 Å². The third kappa shape index (κ3) is 3.48. The Morgan fingerprint density at radius 1 is 1.30 bits per heavy atom. The molecule has 1 aliphatic heterocycles. The standard InChI is InChI=1S/C14H17NO5/c16-11-6-7-15(12(8-11)13(17)18)14(19)20-9-10-4-2-1-3-5-10/h1-5,11-12,16H,6-9H2,(H,17,18). The largest absolute Gasteiger partial charge is 0.480 e. The normalized spacial score (nSPS) is 22.4. The van der Waals surface area contributed by atoms with E-state index in [4.69, 9.17) is 9.84 Å². The Hall–Kier alpha value is -2.08. The number of carboxylic acids is 1. The van der Waals surface area contributed by atoms with Gasteiger partial charge >= 0.3 is 12.1 Å². The fourth-order valence-electron chi connectivity index (χ4n) is 2.20. The molecule has 2 unspecified atom stereocenters. The van der Waals surface area contributed by atoms with Crippen LogP contribution in [-0.2, 0) is 16.1 Å². The van der Waals surface area contributed by atoms with E-state index in [9.17, 15) is 14.7 Å². The maximum absolute atomic E-state index is 12.0. The molecule has 0 bridgehead atoms. The molecule has 2 N–H and O–H groups in total. The van der Waals surface area contributed by atoms with Gasteiger partial charge in [-0.2, -0.15) is 0 Å². The molecule has 1 fully saturated rings. The molecule has 0 aromatic heterocycles. The maximum atomic E-state index is 12.0. The van der Waals surface area contributed by atoms with Crippen molar-refractivity contribution in [1.82, 2.24) is 4.90 Å². The minimum atomic E-state index is -1.12. The maximum Gasteiger partial charge on any atom is 0.410 e. The zero-order valence-electron chi connectivity index (χ0n) is 10.9. The highest BCUT2D eigenvalue weighted by Gasteiger charge is 2.36. The van der Waals surface area contributed by atoms with E-state index < -0.39 is 24.2 Å². The van der Waals surface area contributed by atoms with Gasteiger partial charge < -0.3 is 14.9 Å². The van der Waals surface area contributed by atoms with E-state index in [0.29, 0.717) is 6.42 Å². The number of piperidine rings is 1. The molecule has 0 aliphatic carbocycles. The monoisotopic (exact) mass is 279 g/mol. The number of likely N-dealkylation sites (tertiary alicyclic amines) is 1. The van der Waals surface area contributed by atoms with E-state index in [1.165, 1.54) is 0 Å². The molecule has 6 nitrogen and oxygen atoms in total. The van der Waals surface area contributed by atoms with Gasteiger partial charge in [-0.1, -0.05) is 30.3 Å². The molecule has 1 amide bonds. The second kappa shape index (κ2) is 6.38. The molecule has 0 radical (unpaired) electrons. The van der Waals surface area contributed by atoms with Gasteiger partial charge in [0.05, 0.1) is 6.10 Å². The Kier molecular flexibility index (Phi) is 4.57. The summed E-state index contributed by atoms with van der Waals surface area (Å²) in [6, 6.07) is 8.14. The molecule has 1 aromatic carbocycles. The molecule has 0 spiro atoms. The molecular weight excluding hydrogens is 262 g/mol. The van der Waals surface area contributed by atoms with Crippen LogP contribution >= 0.6 is 0 Å². The number of carbonyl (C=O) groups is 2. The van der Waals surface area contributed by atoms with E-state index >= 15 is 0 Å². The van der Waals surface area contributed by atoms with Gasteiger partial charge in [-0.05, 0) is 12.0 Å². The molecule has 1 heterocycles. The number of ether oxygens (including phenoxy) is 1. The molecular formula is C14H17NO5. The van der Waals surface area contributed by atoms with Crippen LogP contribution in [0, 0.1) is 0 Å². The zero-order valence-corrected chi connectivity index (χ0v) is 10.9. The number of hydrogen-bond acceptors (Lipinski definition) is 4. The van der Waals surface area contributed by atoms with Crippen LogP contribution in [0.4, 0.5) is 4.79 Å². The van der Waals surface area contributed by atoms with Crippen molar-refractivity contribution in [3.63, 3.8) is 0 Å². The van der Waals surface area contributed by atoms with Crippen molar-refractivity contribution in [2.75, 3.05) is 6.54 Å². The SMILES string of the molecule is O=C(O)C1CC(O)CCN1C(=O)OCc1ccccc1. The lowest BCUT2D eigenvalue weighted by molar-refractivity contribution is -0.145. The summed E-state index contributed by atoms with van der Waals surface area (Å²) >= 11 is 0. The quantitative estimate of drug-likeness (QED) is 0.869. The van der Waals surface area contributed by atoms with Crippen molar-refractivity contribution >= 4 is 12.1 Å². The molecule has 1 aromatic rings. The van der Waals surface area contributed by atoms with Crippen LogP contribution in [0.1, 0.15) is 18.4 Å². The van der Waals surface area contributed by atoms with Gasteiger partial charge in [-0.15, -0.1) is 0 Å². The van der Waals surface area contributed by atoms with E-state index in [0.717, 1.165) is 10.5 Å². The van der Waals surface area contributed by atoms with E-state index in [1.54, 1.807) is 0 Å². The number of nitrogens with zero attached hydrogens (tertiary/aromatic N) is 1. The number of benzene rings is 1. The summed E-state index contributed by atoms with van der Waals surface area (Å²) in [5.41, 5.74) is 0.838. The Balaban J connectivity index is 1.95. The number of aliphatic hydroxyl groups is 1. The smallest absolute Gasteiger partial charge is 0.410 e. The minimum absolute atomic E-state index is 0.0375. The van der Waals surface area contributed by atoms with Crippen LogP contribution in [0.2, 0.25) is 0 Å². The highest BCUT2D eigenvalue weighted by molar-refractivity contribution is 5.80. The van der Waals surface area contributed by atoms with Crippen molar-refractivity contribution in [2.45, 2.75) is 31.6 Å². The van der Waals surface area contributed by atoms with Gasteiger partial charge in [-0.25, -0.2) is 9.59 Å². The first-order chi connectivity index (χ1) is 9.58. The molecule has 6 heteroatoms. The first kappa shape index (κ1) is 14.3. The predicted octanol–water partition coefficient (Wildman–Crippen LogP) is 1.23. The minimum Gasteiger partial charge on any atom is -0.480 e. The van der Waals surface area contributed by atoms with Crippen LogP contribution in [0.5, 0.6) is 0 Å². The summed E-state index contributed by atoms with van der Waals surface area (Å²) in [6.07, 6.45) is -0.942. The average Bonchev–Trinajstić information content (AvgIpc) is 2.45. The lowest BCUT2D eigenvalue weighted by Gasteiger charge is -2.34. The van der Waals surface area contributed by atoms with Crippen LogP contribution in [0.25, 0.3) is 0 Å². The van der Waals surface area contributed by atoms with E-state index in [-0.39, 0.29) is 19.6 Å². The first-order valence-electron chi connectivity index (χ1n) is 6.46. The summed E-state index contributed by atoms with van der Waals surface area (Å²) in [7, 11) is 0. The molecule has 0 saturated carbocycles. The number of amides is 1. The number of carbonyl (C=O) groups excluding carboxylic acids is 1. The van der Waals surface area contributed by atoms with Crippen LogP contribution in [0.3, 0.4) is 0 Å². The Morgan fingerprint density at radius 3 is 2.65 bits per heavy atom. The molecule has 1 aliphatic rings. The van der Waals surface area contributed by atoms with E-state index in [2.05, 4.69) is 0 Å². The fourth-order valence-corrected chi connectivity index (χ4v) is 2.20. The summed E-state index contributed by atoms with van der Waals surface area (Å²) in [6.45, 7) is 0.289. The molecule has 2 atom stereocenters. The summed E-state index contributed by atoms with van der Waals surface area (Å²) < 4.78 is 5.13. The van der Waals surface area contributed by atoms with Gasteiger partial charge in [0.25, 0.3) is 0 Å².